The number of anilines is 2. The summed E-state index contributed by atoms with van der Waals surface area (Å²) in [6, 6.07) is 3.60. The van der Waals surface area contributed by atoms with Gasteiger partial charge in [-0.1, -0.05) is 0 Å². The van der Waals surface area contributed by atoms with Crippen LogP contribution in [-0.2, 0) is 10.1 Å². The molecule has 0 fully saturated rings. The summed E-state index contributed by atoms with van der Waals surface area (Å²) >= 11 is 0. The fourth-order valence-corrected chi connectivity index (χ4v) is 1.23. The maximum absolute atomic E-state index is 10.6. The second-order valence-corrected chi connectivity index (χ2v) is 3.69. The van der Waals surface area contributed by atoms with E-state index in [1.165, 1.54) is 12.1 Å². The van der Waals surface area contributed by atoms with Crippen molar-refractivity contribution in [2.45, 2.75) is 4.90 Å². The summed E-state index contributed by atoms with van der Waals surface area (Å²) < 4.78 is 29.7. The molecule has 0 saturated carbocycles. The molecule has 0 atom stereocenters. The minimum atomic E-state index is -4.18. The number of rotatable bonds is 1. The molecule has 68 valence electrons. The van der Waals surface area contributed by atoms with Crippen LogP contribution in [0.5, 0.6) is 0 Å². The van der Waals surface area contributed by atoms with Gasteiger partial charge in [0.05, 0.1) is 16.3 Å². The predicted octanol–water partition coefficient (Wildman–Crippen LogP) is -0.551. The van der Waals surface area contributed by atoms with Gasteiger partial charge in [-0.25, -0.2) is 0 Å². The van der Waals surface area contributed by atoms with Crippen LogP contribution >= 0.6 is 0 Å². The summed E-state index contributed by atoms with van der Waals surface area (Å²) in [5.74, 6) is 0. The molecule has 0 radical (unpaired) electrons. The van der Waals surface area contributed by atoms with Crippen LogP contribution in [-0.4, -0.2) is 42.5 Å². The van der Waals surface area contributed by atoms with E-state index >= 15 is 0 Å². The quantitative estimate of drug-likeness (QED) is 0.329. The van der Waals surface area contributed by atoms with Gasteiger partial charge in [-0.2, -0.15) is 8.42 Å². The average Bonchev–Trinajstić information content (AvgIpc) is 1.92. The van der Waals surface area contributed by atoms with Crippen molar-refractivity contribution < 1.29 is 13.0 Å². The summed E-state index contributed by atoms with van der Waals surface area (Å²) in [6.07, 6.45) is 0. The first-order valence-corrected chi connectivity index (χ1v) is 4.48. The van der Waals surface area contributed by atoms with E-state index in [9.17, 15) is 8.42 Å². The Morgan fingerprint density at radius 3 is 2.08 bits per heavy atom. The van der Waals surface area contributed by atoms with Crippen LogP contribution in [0.15, 0.2) is 23.1 Å². The fourth-order valence-electron chi connectivity index (χ4n) is 0.713. The Balaban J connectivity index is 0.00000144. The average molecular weight is 212 g/mol. The second-order valence-electron chi connectivity index (χ2n) is 2.27. The van der Waals surface area contributed by atoms with Crippen LogP contribution in [0.1, 0.15) is 0 Å². The zero-order chi connectivity index (χ0) is 9.35. The Labute approximate surface area is 98.2 Å². The van der Waals surface area contributed by atoms with Crippen molar-refractivity contribution in [3.8, 4) is 0 Å². The standard InChI is InChI=1S/C6H8N2O3S.Na.H/c7-5-2-1-4(3-6(5)8)12(9,10)11;;/h1-3H,7-8H2,(H,9,10,11);;. The number of nitrogens with two attached hydrogens (primary N) is 2. The van der Waals surface area contributed by atoms with Gasteiger partial charge in [0.25, 0.3) is 10.1 Å². The zero-order valence-corrected chi connectivity index (χ0v) is 6.88. The van der Waals surface area contributed by atoms with E-state index in [-0.39, 0.29) is 45.8 Å². The van der Waals surface area contributed by atoms with E-state index in [0.717, 1.165) is 6.07 Å². The van der Waals surface area contributed by atoms with Crippen molar-refractivity contribution in [2.24, 2.45) is 0 Å². The molecule has 0 aliphatic heterocycles. The molecule has 1 aromatic carbocycles. The zero-order valence-electron chi connectivity index (χ0n) is 6.06. The molecular formula is C6H9N2NaO3S. The van der Waals surface area contributed by atoms with E-state index in [2.05, 4.69) is 0 Å². The molecule has 0 bridgehead atoms. The molecule has 0 unspecified atom stereocenters. The van der Waals surface area contributed by atoms with Crippen molar-refractivity contribution in [3.63, 3.8) is 0 Å². The molecule has 5 N–H and O–H groups in total. The molecule has 0 spiro atoms. The van der Waals surface area contributed by atoms with Crippen molar-refractivity contribution >= 4 is 51.1 Å². The first kappa shape index (κ1) is 12.7. The monoisotopic (exact) mass is 212 g/mol. The Morgan fingerprint density at radius 2 is 1.69 bits per heavy atom. The summed E-state index contributed by atoms with van der Waals surface area (Å²) in [5.41, 5.74) is 11.1. The van der Waals surface area contributed by atoms with Gasteiger partial charge in [0.2, 0.25) is 0 Å². The van der Waals surface area contributed by atoms with E-state index < -0.39 is 10.1 Å². The van der Waals surface area contributed by atoms with Crippen molar-refractivity contribution in [2.75, 3.05) is 11.5 Å². The molecule has 0 aromatic heterocycles. The molecular weight excluding hydrogens is 203 g/mol. The summed E-state index contributed by atoms with van der Waals surface area (Å²) in [5, 5.41) is 0. The Hall–Kier alpha value is -0.270. The molecule has 5 nitrogen and oxygen atoms in total. The molecule has 7 heteroatoms. The topological polar surface area (TPSA) is 106 Å². The fraction of sp³-hybridized carbons (Fsp3) is 0. The van der Waals surface area contributed by atoms with Gasteiger partial charge in [0, 0.05) is 0 Å². The number of benzene rings is 1. The third-order valence-electron chi connectivity index (χ3n) is 1.36. The normalized spacial score (nSPS) is 10.5. The van der Waals surface area contributed by atoms with Crippen LogP contribution in [0, 0.1) is 0 Å². The van der Waals surface area contributed by atoms with Gasteiger partial charge in [-0.3, -0.25) is 4.55 Å². The van der Waals surface area contributed by atoms with Gasteiger partial charge in [0.1, 0.15) is 0 Å². The number of hydrogen-bond acceptors (Lipinski definition) is 4. The van der Waals surface area contributed by atoms with Crippen molar-refractivity contribution in [1.29, 1.82) is 0 Å². The van der Waals surface area contributed by atoms with Gasteiger partial charge >= 0.3 is 29.6 Å². The van der Waals surface area contributed by atoms with Crippen molar-refractivity contribution in [1.82, 2.24) is 0 Å². The van der Waals surface area contributed by atoms with Gasteiger partial charge in [-0.05, 0) is 18.2 Å². The first-order valence-electron chi connectivity index (χ1n) is 3.04. The molecule has 0 heterocycles. The second kappa shape index (κ2) is 4.30. The van der Waals surface area contributed by atoms with Crippen molar-refractivity contribution in [3.05, 3.63) is 18.2 Å². The Kier molecular flexibility index (Phi) is 4.21. The van der Waals surface area contributed by atoms with Gasteiger partial charge < -0.3 is 11.5 Å². The van der Waals surface area contributed by atoms with Crippen LogP contribution in [0.25, 0.3) is 0 Å². The molecule has 0 aliphatic rings. The van der Waals surface area contributed by atoms with E-state index in [0.29, 0.717) is 0 Å². The van der Waals surface area contributed by atoms with Crippen LogP contribution in [0.2, 0.25) is 0 Å². The molecule has 0 amide bonds. The molecule has 1 aromatic rings. The van der Waals surface area contributed by atoms with E-state index in [1.54, 1.807) is 0 Å². The van der Waals surface area contributed by atoms with Gasteiger partial charge in [-0.15, -0.1) is 0 Å². The SMILES string of the molecule is Nc1ccc(S(=O)(=O)O)cc1N.[NaH]. The number of nitrogen functional groups attached to an aromatic ring is 2. The van der Waals surface area contributed by atoms with Crippen LogP contribution < -0.4 is 11.5 Å². The molecule has 0 saturated heterocycles. The van der Waals surface area contributed by atoms with Crippen LogP contribution in [0.4, 0.5) is 11.4 Å². The van der Waals surface area contributed by atoms with Crippen LogP contribution in [0.3, 0.4) is 0 Å². The molecule has 1 rings (SSSR count). The summed E-state index contributed by atoms with van der Waals surface area (Å²) in [7, 11) is -4.18. The third-order valence-corrected chi connectivity index (χ3v) is 2.21. The molecule has 13 heavy (non-hydrogen) atoms. The Bertz CT molecular complexity index is 404. The Morgan fingerprint density at radius 1 is 1.15 bits per heavy atom. The summed E-state index contributed by atoms with van der Waals surface area (Å²) in [6.45, 7) is 0. The van der Waals surface area contributed by atoms with E-state index in [4.69, 9.17) is 16.0 Å². The summed E-state index contributed by atoms with van der Waals surface area (Å²) in [4.78, 5) is -0.255. The first-order chi connectivity index (χ1) is 5.41. The predicted molar refractivity (Wildman–Crippen MR) is 52.2 cm³/mol. The molecule has 0 aliphatic carbocycles. The minimum absolute atomic E-state index is 0. The number of hydrogen-bond donors (Lipinski definition) is 3. The third kappa shape index (κ3) is 3.17. The van der Waals surface area contributed by atoms with Gasteiger partial charge in [0.15, 0.2) is 0 Å². The van der Waals surface area contributed by atoms with E-state index in [1.807, 2.05) is 0 Å². The maximum atomic E-state index is 10.6.